The Balaban J connectivity index is 2.61. The minimum Gasteiger partial charge on any atom is -0.399 e. The molecule has 112 valence electrons. The molecule has 0 aliphatic rings. The number of nitrogen functional groups attached to an aromatic ring is 1. The molecule has 0 bridgehead atoms. The topological polar surface area (TPSA) is 75.6 Å². The third-order valence-electron chi connectivity index (χ3n) is 3.36. The lowest BCUT2D eigenvalue weighted by Gasteiger charge is -2.25. The maximum Gasteiger partial charge on any atom is 0.231 e. The van der Waals surface area contributed by atoms with Gasteiger partial charge in [0.05, 0.1) is 6.54 Å². The summed E-state index contributed by atoms with van der Waals surface area (Å²) in [4.78, 5) is 15.6. The van der Waals surface area contributed by atoms with Gasteiger partial charge in [-0.1, -0.05) is 26.0 Å². The number of likely N-dealkylation sites (N-methyl/N-ethyl adjacent to an activating group) is 1. The van der Waals surface area contributed by atoms with Crippen molar-refractivity contribution < 1.29 is 4.79 Å². The summed E-state index contributed by atoms with van der Waals surface area (Å²) in [5, 5.41) is 0. The second-order valence-electron chi connectivity index (χ2n) is 4.95. The Morgan fingerprint density at radius 3 is 2.35 bits per heavy atom. The zero-order valence-electron chi connectivity index (χ0n) is 12.5. The van der Waals surface area contributed by atoms with Crippen molar-refractivity contribution in [1.29, 1.82) is 0 Å². The number of nitrogens with two attached hydrogens (primary N) is 2. The Kier molecular flexibility index (Phi) is 7.04. The first kappa shape index (κ1) is 16.5. The van der Waals surface area contributed by atoms with E-state index in [-0.39, 0.29) is 12.5 Å². The number of rotatable bonds is 9. The van der Waals surface area contributed by atoms with E-state index in [0.29, 0.717) is 6.54 Å². The molecule has 0 saturated heterocycles. The molecule has 0 unspecified atom stereocenters. The maximum absolute atomic E-state index is 11.2. The van der Waals surface area contributed by atoms with Gasteiger partial charge in [-0.3, -0.25) is 9.69 Å². The molecule has 0 heterocycles. The van der Waals surface area contributed by atoms with Crippen molar-refractivity contribution in [3.8, 4) is 0 Å². The Labute approximate surface area is 121 Å². The van der Waals surface area contributed by atoms with E-state index in [4.69, 9.17) is 11.5 Å². The van der Waals surface area contributed by atoms with Crippen LogP contribution >= 0.6 is 0 Å². The lowest BCUT2D eigenvalue weighted by atomic mass is 10.2. The maximum atomic E-state index is 11.2. The zero-order valence-corrected chi connectivity index (χ0v) is 12.5. The summed E-state index contributed by atoms with van der Waals surface area (Å²) < 4.78 is 0. The second kappa shape index (κ2) is 8.55. The van der Waals surface area contributed by atoms with Crippen LogP contribution in [-0.4, -0.2) is 48.4 Å². The van der Waals surface area contributed by atoms with Gasteiger partial charge in [0.15, 0.2) is 0 Å². The first-order valence-electron chi connectivity index (χ1n) is 7.12. The third kappa shape index (κ3) is 6.04. The van der Waals surface area contributed by atoms with E-state index in [9.17, 15) is 4.79 Å². The van der Waals surface area contributed by atoms with E-state index in [1.807, 2.05) is 24.3 Å². The zero-order chi connectivity index (χ0) is 15.0. The van der Waals surface area contributed by atoms with Crippen LogP contribution in [0.25, 0.3) is 0 Å². The van der Waals surface area contributed by atoms with Gasteiger partial charge >= 0.3 is 0 Å². The molecule has 1 rings (SSSR count). The quantitative estimate of drug-likeness (QED) is 0.658. The van der Waals surface area contributed by atoms with E-state index in [1.54, 1.807) is 0 Å². The van der Waals surface area contributed by atoms with Crippen LogP contribution in [0.5, 0.6) is 0 Å². The van der Waals surface area contributed by atoms with Gasteiger partial charge in [-0.05, 0) is 30.8 Å². The molecule has 1 amide bonds. The van der Waals surface area contributed by atoms with Crippen molar-refractivity contribution in [1.82, 2.24) is 9.80 Å². The first-order chi connectivity index (χ1) is 9.55. The highest BCUT2D eigenvalue weighted by Crippen LogP contribution is 2.09. The minimum absolute atomic E-state index is 0.274. The summed E-state index contributed by atoms with van der Waals surface area (Å²) in [6.07, 6.45) is 0. The van der Waals surface area contributed by atoms with Crippen LogP contribution in [0.15, 0.2) is 24.3 Å². The van der Waals surface area contributed by atoms with Gasteiger partial charge in [0.1, 0.15) is 0 Å². The number of carbonyl (C=O) groups excluding carboxylic acids is 1. The van der Waals surface area contributed by atoms with Crippen molar-refractivity contribution in [2.24, 2.45) is 5.73 Å². The van der Waals surface area contributed by atoms with Crippen molar-refractivity contribution in [2.75, 3.05) is 38.5 Å². The van der Waals surface area contributed by atoms with Gasteiger partial charge in [0, 0.05) is 25.3 Å². The second-order valence-corrected chi connectivity index (χ2v) is 4.95. The van der Waals surface area contributed by atoms with Crippen molar-refractivity contribution in [3.63, 3.8) is 0 Å². The average Bonchev–Trinajstić information content (AvgIpc) is 2.39. The number of hydrogen-bond donors (Lipinski definition) is 2. The lowest BCUT2D eigenvalue weighted by molar-refractivity contribution is -0.119. The Hall–Kier alpha value is -1.59. The molecule has 0 atom stereocenters. The molecule has 0 fully saturated rings. The molecule has 0 spiro atoms. The molecule has 1 aromatic carbocycles. The number of benzene rings is 1. The van der Waals surface area contributed by atoms with Gasteiger partial charge < -0.3 is 16.4 Å². The summed E-state index contributed by atoms with van der Waals surface area (Å²) >= 11 is 0. The molecular weight excluding hydrogens is 252 g/mol. The number of carbonyl (C=O) groups is 1. The van der Waals surface area contributed by atoms with E-state index >= 15 is 0 Å². The third-order valence-corrected chi connectivity index (χ3v) is 3.36. The van der Waals surface area contributed by atoms with Crippen molar-refractivity contribution >= 4 is 11.6 Å². The normalized spacial score (nSPS) is 11.2. The fraction of sp³-hybridized carbons (Fsp3) is 0.533. The van der Waals surface area contributed by atoms with Crippen LogP contribution in [0, 0.1) is 0 Å². The van der Waals surface area contributed by atoms with Gasteiger partial charge in [-0.2, -0.15) is 0 Å². The summed E-state index contributed by atoms with van der Waals surface area (Å²) in [5.74, 6) is -0.298. The first-order valence-corrected chi connectivity index (χ1v) is 7.12. The summed E-state index contributed by atoms with van der Waals surface area (Å²) in [6, 6.07) is 7.74. The predicted molar refractivity (Wildman–Crippen MR) is 83.1 cm³/mol. The molecular formula is C15H26N4O. The molecule has 5 nitrogen and oxygen atoms in total. The standard InChI is InChI=1S/C15H26N4O/c1-3-18(4-2)8-9-19(12-15(17)20)11-13-6-5-7-14(16)10-13/h5-7,10H,3-4,8-9,11-12,16H2,1-2H3,(H2,17,20). The summed E-state index contributed by atoms with van der Waals surface area (Å²) in [6.45, 7) is 9.02. The van der Waals surface area contributed by atoms with Crippen LogP contribution in [0.3, 0.4) is 0 Å². The minimum atomic E-state index is -0.298. The molecule has 0 aliphatic carbocycles. The van der Waals surface area contributed by atoms with Gasteiger partial charge in [0.25, 0.3) is 0 Å². The van der Waals surface area contributed by atoms with Crippen LogP contribution in [0.4, 0.5) is 5.69 Å². The largest absolute Gasteiger partial charge is 0.399 e. The highest BCUT2D eigenvalue weighted by molar-refractivity contribution is 5.75. The number of primary amides is 1. The number of amides is 1. The van der Waals surface area contributed by atoms with Gasteiger partial charge in [-0.25, -0.2) is 0 Å². The fourth-order valence-corrected chi connectivity index (χ4v) is 2.21. The van der Waals surface area contributed by atoms with Crippen molar-refractivity contribution in [2.45, 2.75) is 20.4 Å². The lowest BCUT2D eigenvalue weighted by Crippen LogP contribution is -2.39. The van der Waals surface area contributed by atoms with Gasteiger partial charge in [0.2, 0.25) is 5.91 Å². The van der Waals surface area contributed by atoms with E-state index in [2.05, 4.69) is 23.6 Å². The molecule has 20 heavy (non-hydrogen) atoms. The number of hydrogen-bond acceptors (Lipinski definition) is 4. The number of anilines is 1. The summed E-state index contributed by atoms with van der Waals surface area (Å²) in [5.41, 5.74) is 13.0. The highest BCUT2D eigenvalue weighted by atomic mass is 16.1. The number of nitrogens with zero attached hydrogens (tertiary/aromatic N) is 2. The summed E-state index contributed by atoms with van der Waals surface area (Å²) in [7, 11) is 0. The Morgan fingerprint density at radius 1 is 1.15 bits per heavy atom. The van der Waals surface area contributed by atoms with Crippen LogP contribution in [0.2, 0.25) is 0 Å². The molecule has 0 saturated carbocycles. The predicted octanol–water partition coefficient (Wildman–Crippen LogP) is 0.898. The SMILES string of the molecule is CCN(CC)CCN(CC(N)=O)Cc1cccc(N)c1. The molecule has 4 N–H and O–H groups in total. The van der Waals surface area contributed by atoms with Crippen molar-refractivity contribution in [3.05, 3.63) is 29.8 Å². The van der Waals surface area contributed by atoms with E-state index < -0.39 is 0 Å². The molecule has 0 radical (unpaired) electrons. The van der Waals surface area contributed by atoms with Gasteiger partial charge in [-0.15, -0.1) is 0 Å². The van der Waals surface area contributed by atoms with Crippen LogP contribution < -0.4 is 11.5 Å². The average molecular weight is 278 g/mol. The van der Waals surface area contributed by atoms with Crippen LogP contribution in [0.1, 0.15) is 19.4 Å². The van der Waals surface area contributed by atoms with Crippen LogP contribution in [-0.2, 0) is 11.3 Å². The van der Waals surface area contributed by atoms with E-state index in [0.717, 1.165) is 37.4 Å². The molecule has 1 aromatic rings. The van der Waals surface area contributed by atoms with E-state index in [1.165, 1.54) is 0 Å². The molecule has 0 aromatic heterocycles. The highest BCUT2D eigenvalue weighted by Gasteiger charge is 2.11. The fourth-order valence-electron chi connectivity index (χ4n) is 2.21. The smallest absolute Gasteiger partial charge is 0.231 e. The monoisotopic (exact) mass is 278 g/mol. The Morgan fingerprint density at radius 2 is 1.80 bits per heavy atom. The Bertz CT molecular complexity index is 418. The molecule has 5 heteroatoms. The molecule has 0 aliphatic heterocycles.